The van der Waals surface area contributed by atoms with Crippen molar-refractivity contribution in [2.24, 2.45) is 11.8 Å². The van der Waals surface area contributed by atoms with Crippen LogP contribution in [-0.4, -0.2) is 36.6 Å². The maximum atomic E-state index is 3.81. The van der Waals surface area contributed by atoms with Crippen molar-refractivity contribution in [3.8, 4) is 0 Å². The molecule has 0 amide bonds. The van der Waals surface area contributed by atoms with E-state index in [9.17, 15) is 0 Å². The second-order valence-electron chi connectivity index (χ2n) is 6.94. The molecule has 0 aliphatic carbocycles. The molecule has 1 aliphatic heterocycles. The molecule has 0 saturated carbocycles. The third kappa shape index (κ3) is 5.37. The molecule has 20 heavy (non-hydrogen) atoms. The van der Waals surface area contributed by atoms with Gasteiger partial charge in [0.15, 0.2) is 0 Å². The summed E-state index contributed by atoms with van der Waals surface area (Å²) in [6.07, 6.45) is 7.95. The minimum atomic E-state index is 0.695. The second kappa shape index (κ2) is 9.78. The Morgan fingerprint density at radius 3 is 2.15 bits per heavy atom. The summed E-state index contributed by atoms with van der Waals surface area (Å²) in [6, 6.07) is 1.44. The van der Waals surface area contributed by atoms with Gasteiger partial charge in [-0.05, 0) is 63.6 Å². The van der Waals surface area contributed by atoms with Crippen LogP contribution in [0.1, 0.15) is 73.1 Å². The Balaban J connectivity index is 2.54. The summed E-state index contributed by atoms with van der Waals surface area (Å²) in [6.45, 7) is 15.5. The third-order valence-corrected chi connectivity index (χ3v) is 5.12. The first-order valence-corrected chi connectivity index (χ1v) is 9.11. The van der Waals surface area contributed by atoms with Gasteiger partial charge in [-0.3, -0.25) is 4.90 Å². The fraction of sp³-hybridized carbons (Fsp3) is 1.00. The molecule has 120 valence electrons. The summed E-state index contributed by atoms with van der Waals surface area (Å²) >= 11 is 0. The number of piperidine rings is 1. The zero-order valence-electron chi connectivity index (χ0n) is 14.6. The van der Waals surface area contributed by atoms with Gasteiger partial charge in [0, 0.05) is 12.1 Å². The van der Waals surface area contributed by atoms with E-state index in [-0.39, 0.29) is 0 Å². The molecule has 1 N–H and O–H groups in total. The van der Waals surface area contributed by atoms with E-state index in [1.54, 1.807) is 0 Å². The average molecular weight is 283 g/mol. The maximum absolute atomic E-state index is 3.81. The van der Waals surface area contributed by atoms with Crippen LogP contribution in [-0.2, 0) is 0 Å². The molecule has 1 aliphatic rings. The van der Waals surface area contributed by atoms with Gasteiger partial charge in [0.1, 0.15) is 0 Å². The van der Waals surface area contributed by atoms with Crippen molar-refractivity contribution in [1.82, 2.24) is 10.2 Å². The first kappa shape index (κ1) is 18.0. The second-order valence-corrected chi connectivity index (χ2v) is 6.94. The fourth-order valence-corrected chi connectivity index (χ4v) is 3.79. The van der Waals surface area contributed by atoms with Crippen molar-refractivity contribution in [2.75, 3.05) is 19.6 Å². The first-order chi connectivity index (χ1) is 9.63. The van der Waals surface area contributed by atoms with Crippen LogP contribution in [0.25, 0.3) is 0 Å². The Kier molecular flexibility index (Phi) is 8.79. The summed E-state index contributed by atoms with van der Waals surface area (Å²) < 4.78 is 0. The van der Waals surface area contributed by atoms with Crippen LogP contribution in [0.15, 0.2) is 0 Å². The maximum Gasteiger partial charge on any atom is 0.0246 e. The molecule has 0 aromatic rings. The highest BCUT2D eigenvalue weighted by Crippen LogP contribution is 2.27. The van der Waals surface area contributed by atoms with E-state index in [2.05, 4.69) is 44.8 Å². The molecule has 2 heteroatoms. The normalized spacial score (nSPS) is 21.3. The van der Waals surface area contributed by atoms with Gasteiger partial charge in [0.05, 0.1) is 0 Å². The molecule has 1 saturated heterocycles. The SMILES string of the molecule is CCCNC(CCC)C(CC)N1CCC(C(C)C)CC1. The van der Waals surface area contributed by atoms with Gasteiger partial charge in [-0.25, -0.2) is 0 Å². The van der Waals surface area contributed by atoms with E-state index >= 15 is 0 Å². The molecule has 1 fully saturated rings. The lowest BCUT2D eigenvalue weighted by molar-refractivity contribution is 0.0876. The monoisotopic (exact) mass is 282 g/mol. The zero-order chi connectivity index (χ0) is 15.0. The lowest BCUT2D eigenvalue weighted by atomic mass is 9.85. The highest BCUT2D eigenvalue weighted by molar-refractivity contribution is 4.86. The van der Waals surface area contributed by atoms with Crippen LogP contribution in [0, 0.1) is 11.8 Å². The van der Waals surface area contributed by atoms with Gasteiger partial charge < -0.3 is 5.32 Å². The van der Waals surface area contributed by atoms with Crippen LogP contribution in [0.4, 0.5) is 0 Å². The van der Waals surface area contributed by atoms with Gasteiger partial charge in [0.2, 0.25) is 0 Å². The van der Waals surface area contributed by atoms with Crippen LogP contribution in [0.3, 0.4) is 0 Å². The van der Waals surface area contributed by atoms with Crippen LogP contribution in [0.5, 0.6) is 0 Å². The standard InChI is InChI=1S/C18H38N2/c1-6-9-17(19-12-7-2)18(8-3)20-13-10-16(11-14-20)15(4)5/h15-19H,6-14H2,1-5H3. The first-order valence-electron chi connectivity index (χ1n) is 9.11. The molecule has 2 nitrogen and oxygen atoms in total. The number of hydrogen-bond donors (Lipinski definition) is 1. The van der Waals surface area contributed by atoms with Crippen molar-refractivity contribution in [2.45, 2.75) is 85.2 Å². The van der Waals surface area contributed by atoms with Gasteiger partial charge in [-0.15, -0.1) is 0 Å². The Labute approximate surface area is 127 Å². The smallest absolute Gasteiger partial charge is 0.0246 e. The van der Waals surface area contributed by atoms with Crippen molar-refractivity contribution in [3.63, 3.8) is 0 Å². The molecule has 0 spiro atoms. The summed E-state index contributed by atoms with van der Waals surface area (Å²) in [5.74, 6) is 1.82. The van der Waals surface area contributed by atoms with E-state index in [0.29, 0.717) is 6.04 Å². The van der Waals surface area contributed by atoms with Gasteiger partial charge in [0.25, 0.3) is 0 Å². The number of hydrogen-bond acceptors (Lipinski definition) is 2. The van der Waals surface area contributed by atoms with E-state index in [4.69, 9.17) is 0 Å². The number of rotatable bonds is 9. The van der Waals surface area contributed by atoms with Crippen molar-refractivity contribution in [1.29, 1.82) is 0 Å². The Hall–Kier alpha value is -0.0800. The molecule has 1 heterocycles. The number of nitrogens with zero attached hydrogens (tertiary/aromatic N) is 1. The van der Waals surface area contributed by atoms with E-state index in [1.165, 1.54) is 58.2 Å². The van der Waals surface area contributed by atoms with E-state index in [1.807, 2.05) is 0 Å². The molecule has 1 rings (SSSR count). The molecule has 0 aromatic carbocycles. The molecular weight excluding hydrogens is 244 g/mol. The van der Waals surface area contributed by atoms with Crippen molar-refractivity contribution in [3.05, 3.63) is 0 Å². The van der Waals surface area contributed by atoms with Crippen molar-refractivity contribution >= 4 is 0 Å². The lowest BCUT2D eigenvalue weighted by Crippen LogP contribution is -2.52. The summed E-state index contributed by atoms with van der Waals surface area (Å²) in [7, 11) is 0. The topological polar surface area (TPSA) is 15.3 Å². The molecule has 2 atom stereocenters. The minimum absolute atomic E-state index is 0.695. The number of nitrogens with one attached hydrogen (secondary N) is 1. The summed E-state index contributed by atoms with van der Waals surface area (Å²) in [5.41, 5.74) is 0. The van der Waals surface area contributed by atoms with Gasteiger partial charge >= 0.3 is 0 Å². The lowest BCUT2D eigenvalue weighted by Gasteiger charge is -2.42. The Morgan fingerprint density at radius 1 is 1.05 bits per heavy atom. The molecule has 2 unspecified atom stereocenters. The largest absolute Gasteiger partial charge is 0.312 e. The van der Waals surface area contributed by atoms with Crippen molar-refractivity contribution < 1.29 is 0 Å². The zero-order valence-corrected chi connectivity index (χ0v) is 14.6. The molecule has 0 radical (unpaired) electrons. The highest BCUT2D eigenvalue weighted by Gasteiger charge is 2.29. The molecule has 0 aromatic heterocycles. The molecular formula is C18H38N2. The van der Waals surface area contributed by atoms with Gasteiger partial charge in [-0.1, -0.05) is 41.0 Å². The van der Waals surface area contributed by atoms with E-state index < -0.39 is 0 Å². The third-order valence-electron chi connectivity index (χ3n) is 5.12. The fourth-order valence-electron chi connectivity index (χ4n) is 3.79. The molecule has 0 bridgehead atoms. The Morgan fingerprint density at radius 2 is 1.70 bits per heavy atom. The van der Waals surface area contributed by atoms with Crippen LogP contribution < -0.4 is 5.32 Å². The minimum Gasteiger partial charge on any atom is -0.312 e. The van der Waals surface area contributed by atoms with E-state index in [0.717, 1.165) is 17.9 Å². The number of likely N-dealkylation sites (tertiary alicyclic amines) is 1. The quantitative estimate of drug-likeness (QED) is 0.678. The van der Waals surface area contributed by atoms with Crippen LogP contribution in [0.2, 0.25) is 0 Å². The van der Waals surface area contributed by atoms with Gasteiger partial charge in [-0.2, -0.15) is 0 Å². The predicted molar refractivity (Wildman–Crippen MR) is 90.2 cm³/mol. The average Bonchev–Trinajstić information content (AvgIpc) is 2.46. The highest BCUT2D eigenvalue weighted by atomic mass is 15.2. The van der Waals surface area contributed by atoms with Crippen LogP contribution >= 0.6 is 0 Å². The Bertz CT molecular complexity index is 232. The predicted octanol–water partition coefficient (Wildman–Crippen LogP) is 4.30. The summed E-state index contributed by atoms with van der Waals surface area (Å²) in [4.78, 5) is 2.78. The summed E-state index contributed by atoms with van der Waals surface area (Å²) in [5, 5.41) is 3.81.